The van der Waals surface area contributed by atoms with Crippen LogP contribution in [0, 0.1) is 6.92 Å². The van der Waals surface area contributed by atoms with Crippen LogP contribution < -0.4 is 0 Å². The van der Waals surface area contributed by atoms with Crippen molar-refractivity contribution < 1.29 is 8.42 Å². The van der Waals surface area contributed by atoms with Crippen molar-refractivity contribution in [2.24, 2.45) is 0 Å². The molecule has 6 heteroatoms. The molecule has 1 fully saturated rings. The molecule has 1 aliphatic heterocycles. The van der Waals surface area contributed by atoms with E-state index >= 15 is 0 Å². The Morgan fingerprint density at radius 1 is 1.23 bits per heavy atom. The number of aryl methyl sites for hydroxylation is 1. The summed E-state index contributed by atoms with van der Waals surface area (Å²) in [5, 5.41) is 4.73. The van der Waals surface area contributed by atoms with Crippen molar-refractivity contribution >= 4 is 33.0 Å². The largest absolute Gasteiger partial charge is 0.243 e. The molecule has 0 N–H and O–H groups in total. The van der Waals surface area contributed by atoms with E-state index in [4.69, 9.17) is 11.6 Å². The molecule has 3 nitrogen and oxygen atoms in total. The van der Waals surface area contributed by atoms with Crippen LogP contribution in [0.2, 0.25) is 5.02 Å². The van der Waals surface area contributed by atoms with Gasteiger partial charge < -0.3 is 0 Å². The number of hydrogen-bond acceptors (Lipinski definition) is 3. The molecule has 0 unspecified atom stereocenters. The van der Waals surface area contributed by atoms with Crippen LogP contribution in [-0.4, -0.2) is 25.8 Å². The van der Waals surface area contributed by atoms with Gasteiger partial charge in [-0.25, -0.2) is 8.42 Å². The van der Waals surface area contributed by atoms with E-state index in [1.807, 2.05) is 6.92 Å². The van der Waals surface area contributed by atoms with Crippen molar-refractivity contribution in [2.45, 2.75) is 30.6 Å². The predicted molar refractivity (Wildman–Crippen MR) is 91.2 cm³/mol. The summed E-state index contributed by atoms with van der Waals surface area (Å²) in [6.45, 7) is 2.99. The number of piperidine rings is 1. The van der Waals surface area contributed by atoms with E-state index < -0.39 is 10.0 Å². The van der Waals surface area contributed by atoms with Gasteiger partial charge in [0.25, 0.3) is 0 Å². The average Bonchev–Trinajstić information content (AvgIpc) is 3.04. The fourth-order valence-corrected chi connectivity index (χ4v) is 5.30. The van der Waals surface area contributed by atoms with Gasteiger partial charge in [0.2, 0.25) is 10.0 Å². The Hall–Kier alpha value is -0.880. The van der Waals surface area contributed by atoms with E-state index in [-0.39, 0.29) is 4.90 Å². The topological polar surface area (TPSA) is 37.4 Å². The molecular weight excluding hydrogens is 338 g/mol. The molecule has 0 amide bonds. The highest BCUT2D eigenvalue weighted by molar-refractivity contribution is 7.89. The molecule has 0 spiro atoms. The van der Waals surface area contributed by atoms with Gasteiger partial charge in [0, 0.05) is 18.1 Å². The number of hydrogen-bond donors (Lipinski definition) is 0. The number of nitrogens with zero attached hydrogens (tertiary/aromatic N) is 1. The van der Waals surface area contributed by atoms with Crippen molar-refractivity contribution in [2.75, 3.05) is 13.1 Å². The lowest BCUT2D eigenvalue weighted by Crippen LogP contribution is -2.37. The van der Waals surface area contributed by atoms with Gasteiger partial charge in [0.1, 0.15) is 0 Å². The molecular formula is C16H18ClNO2S2. The standard InChI is InChI=1S/C16H18ClNO2S2/c1-12-2-3-15(10-16(12)17)22(19,20)18-7-4-13(5-8-18)14-6-9-21-11-14/h2-3,6,9-11,13H,4-5,7-8H2,1H3. The highest BCUT2D eigenvalue weighted by Crippen LogP contribution is 2.32. The zero-order chi connectivity index (χ0) is 15.7. The highest BCUT2D eigenvalue weighted by atomic mass is 35.5. The Labute approximate surface area is 140 Å². The fraction of sp³-hybridized carbons (Fsp3) is 0.375. The lowest BCUT2D eigenvalue weighted by Gasteiger charge is -2.31. The maximum atomic E-state index is 12.7. The quantitative estimate of drug-likeness (QED) is 0.824. The number of rotatable bonds is 3. The molecule has 2 heterocycles. The number of halogens is 1. The molecule has 1 saturated heterocycles. The zero-order valence-electron chi connectivity index (χ0n) is 12.3. The van der Waals surface area contributed by atoms with E-state index in [0.29, 0.717) is 24.0 Å². The van der Waals surface area contributed by atoms with Gasteiger partial charge in [0.15, 0.2) is 0 Å². The van der Waals surface area contributed by atoms with Crippen LogP contribution in [0.25, 0.3) is 0 Å². The smallest absolute Gasteiger partial charge is 0.207 e. The Morgan fingerprint density at radius 3 is 2.55 bits per heavy atom. The minimum absolute atomic E-state index is 0.289. The first kappa shape index (κ1) is 16.0. The molecule has 0 radical (unpaired) electrons. The van der Waals surface area contributed by atoms with E-state index in [9.17, 15) is 8.42 Å². The monoisotopic (exact) mass is 355 g/mol. The molecule has 22 heavy (non-hydrogen) atoms. The second-order valence-corrected chi connectivity index (χ2v) is 8.77. The first-order valence-corrected chi connectivity index (χ1v) is 10.0. The summed E-state index contributed by atoms with van der Waals surface area (Å²) in [6.07, 6.45) is 1.74. The van der Waals surface area contributed by atoms with Crippen molar-refractivity contribution in [3.63, 3.8) is 0 Å². The number of thiophene rings is 1. The second kappa shape index (κ2) is 6.32. The molecule has 1 aromatic heterocycles. The van der Waals surface area contributed by atoms with Gasteiger partial charge in [-0.3, -0.25) is 0 Å². The molecule has 2 aromatic rings. The minimum Gasteiger partial charge on any atom is -0.207 e. The summed E-state index contributed by atoms with van der Waals surface area (Å²) in [6, 6.07) is 7.09. The van der Waals surface area contributed by atoms with Crippen LogP contribution in [0.3, 0.4) is 0 Å². The van der Waals surface area contributed by atoms with Crippen LogP contribution in [-0.2, 0) is 10.0 Å². The Balaban J connectivity index is 1.75. The lowest BCUT2D eigenvalue weighted by atomic mass is 9.92. The van der Waals surface area contributed by atoms with Gasteiger partial charge >= 0.3 is 0 Å². The van der Waals surface area contributed by atoms with Gasteiger partial charge in [0.05, 0.1) is 4.90 Å². The lowest BCUT2D eigenvalue weighted by molar-refractivity contribution is 0.320. The first-order chi connectivity index (χ1) is 10.5. The van der Waals surface area contributed by atoms with Gasteiger partial charge in [-0.1, -0.05) is 17.7 Å². The molecule has 0 atom stereocenters. The van der Waals surface area contributed by atoms with Crippen LogP contribution in [0.4, 0.5) is 0 Å². The van der Waals surface area contributed by atoms with Crippen molar-refractivity contribution in [3.05, 3.63) is 51.2 Å². The highest BCUT2D eigenvalue weighted by Gasteiger charge is 2.30. The summed E-state index contributed by atoms with van der Waals surface area (Å²) in [5.41, 5.74) is 2.22. The Bertz CT molecular complexity index is 748. The SMILES string of the molecule is Cc1ccc(S(=O)(=O)N2CCC(c3ccsc3)CC2)cc1Cl. The Morgan fingerprint density at radius 2 is 1.95 bits per heavy atom. The van der Waals surface area contributed by atoms with Gasteiger partial charge in [-0.05, 0) is 65.8 Å². The molecule has 118 valence electrons. The van der Waals surface area contributed by atoms with E-state index in [0.717, 1.165) is 18.4 Å². The maximum absolute atomic E-state index is 12.7. The summed E-state index contributed by atoms with van der Waals surface area (Å²) < 4.78 is 27.0. The molecule has 0 saturated carbocycles. The number of sulfonamides is 1. The normalized spacial score (nSPS) is 17.7. The maximum Gasteiger partial charge on any atom is 0.243 e. The summed E-state index contributed by atoms with van der Waals surface area (Å²) in [7, 11) is -3.44. The summed E-state index contributed by atoms with van der Waals surface area (Å²) >= 11 is 7.76. The number of benzene rings is 1. The fourth-order valence-electron chi connectivity index (χ4n) is 2.82. The second-order valence-electron chi connectivity index (χ2n) is 5.65. The molecule has 3 rings (SSSR count). The third-order valence-electron chi connectivity index (χ3n) is 4.25. The van der Waals surface area contributed by atoms with E-state index in [1.165, 1.54) is 5.56 Å². The predicted octanol–water partition coefficient (Wildman–Crippen LogP) is 4.28. The van der Waals surface area contributed by atoms with E-state index in [2.05, 4.69) is 16.8 Å². The van der Waals surface area contributed by atoms with Gasteiger partial charge in [-0.2, -0.15) is 15.6 Å². The first-order valence-electron chi connectivity index (χ1n) is 7.27. The summed E-state index contributed by atoms with van der Waals surface area (Å²) in [4.78, 5) is 0.289. The van der Waals surface area contributed by atoms with E-state index in [1.54, 1.807) is 33.8 Å². The van der Waals surface area contributed by atoms with Crippen molar-refractivity contribution in [1.82, 2.24) is 4.31 Å². The molecule has 0 bridgehead atoms. The Kier molecular flexibility index (Phi) is 4.59. The molecule has 1 aliphatic rings. The van der Waals surface area contributed by atoms with Crippen LogP contribution in [0.1, 0.15) is 29.9 Å². The van der Waals surface area contributed by atoms with Crippen molar-refractivity contribution in [3.8, 4) is 0 Å². The molecule has 1 aromatic carbocycles. The zero-order valence-corrected chi connectivity index (χ0v) is 14.7. The summed E-state index contributed by atoms with van der Waals surface area (Å²) in [5.74, 6) is 0.472. The van der Waals surface area contributed by atoms with Crippen LogP contribution in [0.15, 0.2) is 39.9 Å². The van der Waals surface area contributed by atoms with Crippen LogP contribution in [0.5, 0.6) is 0 Å². The third-order valence-corrected chi connectivity index (χ3v) is 7.25. The van der Waals surface area contributed by atoms with Crippen LogP contribution >= 0.6 is 22.9 Å². The van der Waals surface area contributed by atoms with Crippen molar-refractivity contribution in [1.29, 1.82) is 0 Å². The molecule has 0 aliphatic carbocycles. The van der Waals surface area contributed by atoms with Gasteiger partial charge in [-0.15, -0.1) is 0 Å². The average molecular weight is 356 g/mol. The minimum atomic E-state index is -3.44. The third kappa shape index (κ3) is 3.08.